The summed E-state index contributed by atoms with van der Waals surface area (Å²) in [5, 5.41) is 1.05. The van der Waals surface area contributed by atoms with Crippen LogP contribution in [0.1, 0.15) is 33.4 Å². The van der Waals surface area contributed by atoms with Crippen molar-refractivity contribution < 1.29 is 9.31 Å². The van der Waals surface area contributed by atoms with Gasteiger partial charge in [0.05, 0.1) is 16.7 Å². The smallest absolute Gasteiger partial charge is 0.399 e. The standard InChI is InChI=1S/C21H23BN2O2/c1-14-17-12-11-16(22-25-20(2,3)21(4,5)26-22)13-18(17)24-19(23-14)15-9-7-6-8-10-15/h6-13H,1-5H3. The van der Waals surface area contributed by atoms with Gasteiger partial charge in [0.2, 0.25) is 0 Å². The van der Waals surface area contributed by atoms with Crippen molar-refractivity contribution in [1.29, 1.82) is 0 Å². The van der Waals surface area contributed by atoms with Crippen molar-refractivity contribution in [3.05, 3.63) is 54.2 Å². The molecule has 1 aromatic heterocycles. The zero-order valence-corrected chi connectivity index (χ0v) is 15.9. The number of rotatable bonds is 2. The molecular formula is C21H23BN2O2. The Labute approximate surface area is 154 Å². The predicted molar refractivity (Wildman–Crippen MR) is 105 cm³/mol. The Kier molecular flexibility index (Phi) is 3.90. The van der Waals surface area contributed by atoms with Crippen LogP contribution in [0.15, 0.2) is 48.5 Å². The van der Waals surface area contributed by atoms with E-state index in [0.717, 1.165) is 33.4 Å². The second-order valence-electron chi connectivity index (χ2n) is 7.86. The van der Waals surface area contributed by atoms with E-state index in [1.54, 1.807) is 0 Å². The van der Waals surface area contributed by atoms with Gasteiger partial charge >= 0.3 is 7.12 Å². The van der Waals surface area contributed by atoms with Gasteiger partial charge in [0, 0.05) is 16.6 Å². The van der Waals surface area contributed by atoms with E-state index in [1.165, 1.54) is 0 Å². The molecule has 4 rings (SSSR count). The monoisotopic (exact) mass is 346 g/mol. The van der Waals surface area contributed by atoms with Crippen molar-refractivity contribution in [3.8, 4) is 11.4 Å². The van der Waals surface area contributed by atoms with Crippen molar-refractivity contribution >= 4 is 23.5 Å². The van der Waals surface area contributed by atoms with Gasteiger partial charge in [-0.1, -0.05) is 42.5 Å². The van der Waals surface area contributed by atoms with Crippen LogP contribution in [-0.4, -0.2) is 28.3 Å². The molecule has 0 bridgehead atoms. The molecule has 2 aromatic carbocycles. The van der Waals surface area contributed by atoms with Crippen LogP contribution >= 0.6 is 0 Å². The maximum absolute atomic E-state index is 6.18. The Hall–Kier alpha value is -2.24. The van der Waals surface area contributed by atoms with Crippen LogP contribution in [0.25, 0.3) is 22.3 Å². The van der Waals surface area contributed by atoms with Crippen molar-refractivity contribution in [2.75, 3.05) is 0 Å². The molecule has 3 aromatic rings. The number of aromatic nitrogens is 2. The molecule has 0 aliphatic carbocycles. The van der Waals surface area contributed by atoms with Gasteiger partial charge in [-0.15, -0.1) is 0 Å². The normalized spacial score (nSPS) is 18.4. The Bertz CT molecular complexity index is 954. The van der Waals surface area contributed by atoms with Crippen LogP contribution in [0, 0.1) is 6.92 Å². The summed E-state index contributed by atoms with van der Waals surface area (Å²) in [4.78, 5) is 9.46. The van der Waals surface area contributed by atoms with E-state index in [9.17, 15) is 0 Å². The van der Waals surface area contributed by atoms with Crippen molar-refractivity contribution in [2.45, 2.75) is 45.8 Å². The highest BCUT2D eigenvalue weighted by Crippen LogP contribution is 2.36. The van der Waals surface area contributed by atoms with Gasteiger partial charge < -0.3 is 9.31 Å². The number of aryl methyl sites for hydroxylation is 1. The van der Waals surface area contributed by atoms with Crippen LogP contribution in [0.4, 0.5) is 0 Å². The fourth-order valence-electron chi connectivity index (χ4n) is 3.15. The third-order valence-corrected chi connectivity index (χ3v) is 5.47. The van der Waals surface area contributed by atoms with Crippen LogP contribution in [0.5, 0.6) is 0 Å². The Morgan fingerprint density at radius 2 is 1.50 bits per heavy atom. The summed E-state index contributed by atoms with van der Waals surface area (Å²) >= 11 is 0. The predicted octanol–water partition coefficient (Wildman–Crippen LogP) is 3.90. The molecular weight excluding hydrogens is 323 g/mol. The first-order valence-electron chi connectivity index (χ1n) is 8.96. The maximum Gasteiger partial charge on any atom is 0.494 e. The molecule has 1 saturated heterocycles. The van der Waals surface area contributed by atoms with E-state index in [4.69, 9.17) is 14.3 Å². The van der Waals surface area contributed by atoms with Crippen LogP contribution in [-0.2, 0) is 9.31 Å². The quantitative estimate of drug-likeness (QED) is 0.660. The highest BCUT2D eigenvalue weighted by Gasteiger charge is 2.51. The number of nitrogens with zero attached hydrogens (tertiary/aromatic N) is 2. The van der Waals surface area contributed by atoms with E-state index >= 15 is 0 Å². The summed E-state index contributed by atoms with van der Waals surface area (Å²) in [6.45, 7) is 10.3. The first kappa shape index (κ1) is 17.2. The summed E-state index contributed by atoms with van der Waals surface area (Å²) in [5.41, 5.74) is 3.15. The van der Waals surface area contributed by atoms with E-state index < -0.39 is 0 Å². The highest BCUT2D eigenvalue weighted by molar-refractivity contribution is 6.62. The van der Waals surface area contributed by atoms with Crippen LogP contribution < -0.4 is 5.46 Å². The van der Waals surface area contributed by atoms with Gasteiger partial charge in [0.15, 0.2) is 5.82 Å². The molecule has 4 nitrogen and oxygen atoms in total. The van der Waals surface area contributed by atoms with Gasteiger partial charge in [-0.25, -0.2) is 9.97 Å². The number of hydrogen-bond acceptors (Lipinski definition) is 4. The molecule has 1 aliphatic rings. The third kappa shape index (κ3) is 2.81. The second-order valence-corrected chi connectivity index (χ2v) is 7.86. The average Bonchev–Trinajstić information content (AvgIpc) is 2.83. The molecule has 0 radical (unpaired) electrons. The third-order valence-electron chi connectivity index (χ3n) is 5.47. The van der Waals surface area contributed by atoms with Gasteiger partial charge in [0.1, 0.15) is 0 Å². The molecule has 2 heterocycles. The largest absolute Gasteiger partial charge is 0.494 e. The number of benzene rings is 2. The van der Waals surface area contributed by atoms with Crippen molar-refractivity contribution in [3.63, 3.8) is 0 Å². The molecule has 0 unspecified atom stereocenters. The molecule has 1 aliphatic heterocycles. The first-order valence-corrected chi connectivity index (χ1v) is 8.96. The fourth-order valence-corrected chi connectivity index (χ4v) is 3.15. The van der Waals surface area contributed by atoms with E-state index in [1.807, 2.05) is 43.3 Å². The number of fused-ring (bicyclic) bond motifs is 1. The van der Waals surface area contributed by atoms with Gasteiger partial charge in [0.25, 0.3) is 0 Å². The Morgan fingerprint density at radius 1 is 0.846 bits per heavy atom. The summed E-state index contributed by atoms with van der Waals surface area (Å²) in [6.07, 6.45) is 0. The molecule has 0 atom stereocenters. The van der Waals surface area contributed by atoms with Gasteiger partial charge in [-0.3, -0.25) is 0 Å². The van der Waals surface area contributed by atoms with Crippen LogP contribution in [0.2, 0.25) is 0 Å². The van der Waals surface area contributed by atoms with Crippen LogP contribution in [0.3, 0.4) is 0 Å². The molecule has 5 heteroatoms. The summed E-state index contributed by atoms with van der Waals surface area (Å²) in [7, 11) is -0.389. The van der Waals surface area contributed by atoms with Gasteiger partial charge in [-0.2, -0.15) is 0 Å². The average molecular weight is 346 g/mol. The second kappa shape index (κ2) is 5.90. The lowest BCUT2D eigenvalue weighted by Gasteiger charge is -2.32. The maximum atomic E-state index is 6.18. The lowest BCUT2D eigenvalue weighted by molar-refractivity contribution is 0.00578. The Morgan fingerprint density at radius 3 is 2.15 bits per heavy atom. The molecule has 26 heavy (non-hydrogen) atoms. The Balaban J connectivity index is 1.78. The molecule has 0 amide bonds. The van der Waals surface area contributed by atoms with E-state index in [2.05, 4.69) is 44.8 Å². The van der Waals surface area contributed by atoms with Crippen molar-refractivity contribution in [2.24, 2.45) is 0 Å². The number of hydrogen-bond donors (Lipinski definition) is 0. The SMILES string of the molecule is Cc1nc(-c2ccccc2)nc2cc(B3OC(C)(C)C(C)(C)O3)ccc12. The summed E-state index contributed by atoms with van der Waals surface area (Å²) < 4.78 is 12.4. The molecule has 0 spiro atoms. The molecule has 0 N–H and O–H groups in total. The van der Waals surface area contributed by atoms with Gasteiger partial charge in [-0.05, 0) is 46.1 Å². The summed E-state index contributed by atoms with van der Waals surface area (Å²) in [6, 6.07) is 16.2. The lowest BCUT2D eigenvalue weighted by Crippen LogP contribution is -2.41. The first-order chi connectivity index (χ1) is 12.3. The van der Waals surface area contributed by atoms with Crippen molar-refractivity contribution in [1.82, 2.24) is 9.97 Å². The minimum Gasteiger partial charge on any atom is -0.399 e. The molecule has 1 fully saturated rings. The minimum atomic E-state index is -0.389. The van der Waals surface area contributed by atoms with E-state index in [0.29, 0.717) is 0 Å². The summed E-state index contributed by atoms with van der Waals surface area (Å²) in [5.74, 6) is 0.738. The zero-order chi connectivity index (χ0) is 18.5. The topological polar surface area (TPSA) is 44.2 Å². The lowest BCUT2D eigenvalue weighted by atomic mass is 9.78. The molecule has 0 saturated carbocycles. The molecule has 132 valence electrons. The fraction of sp³-hybridized carbons (Fsp3) is 0.333. The highest BCUT2D eigenvalue weighted by atomic mass is 16.7. The minimum absolute atomic E-state index is 0.358. The zero-order valence-electron chi connectivity index (χ0n) is 15.9. The van der Waals surface area contributed by atoms with E-state index in [-0.39, 0.29) is 18.3 Å².